The molecule has 0 heterocycles. The maximum absolute atomic E-state index is 12.0. The summed E-state index contributed by atoms with van der Waals surface area (Å²) in [6.45, 7) is 3.26. The first kappa shape index (κ1) is 15.1. The van der Waals surface area contributed by atoms with Gasteiger partial charge in [0.05, 0.1) is 0 Å². The van der Waals surface area contributed by atoms with Gasteiger partial charge in [-0.1, -0.05) is 0 Å². The SMILES string of the molecule is CC(OC(=O)C(F)(F)F)C(C)[Se]c1ccccc1. The van der Waals surface area contributed by atoms with Crippen LogP contribution in [0.15, 0.2) is 30.3 Å². The molecule has 0 aromatic heterocycles. The number of hydrogen-bond donors (Lipinski definition) is 0. The fourth-order valence-electron chi connectivity index (χ4n) is 1.14. The summed E-state index contributed by atoms with van der Waals surface area (Å²) >= 11 is -0.0352. The number of rotatable bonds is 4. The van der Waals surface area contributed by atoms with Crippen molar-refractivity contribution in [2.75, 3.05) is 0 Å². The minimum absolute atomic E-state index is 0.0352. The quantitative estimate of drug-likeness (QED) is 0.627. The molecular formula is C12H13F3O2Se. The van der Waals surface area contributed by atoms with Gasteiger partial charge in [0.25, 0.3) is 0 Å². The second-order valence-corrected chi connectivity index (χ2v) is 6.79. The molecule has 0 aliphatic carbocycles. The summed E-state index contributed by atoms with van der Waals surface area (Å²) in [6.07, 6.45) is -5.67. The summed E-state index contributed by atoms with van der Waals surface area (Å²) in [5, 5.41) is 0. The van der Waals surface area contributed by atoms with Crippen LogP contribution in [0.25, 0.3) is 0 Å². The second kappa shape index (κ2) is 6.25. The third-order valence-electron chi connectivity index (χ3n) is 2.25. The van der Waals surface area contributed by atoms with Gasteiger partial charge in [-0.2, -0.15) is 0 Å². The summed E-state index contributed by atoms with van der Waals surface area (Å²) < 4.78 is 41.6. The van der Waals surface area contributed by atoms with Crippen molar-refractivity contribution in [3.8, 4) is 0 Å². The zero-order chi connectivity index (χ0) is 13.8. The van der Waals surface area contributed by atoms with Crippen molar-refractivity contribution in [3.63, 3.8) is 0 Å². The predicted octanol–water partition coefficient (Wildman–Crippen LogP) is 2.32. The second-order valence-electron chi connectivity index (χ2n) is 3.74. The first-order valence-corrected chi connectivity index (χ1v) is 7.15. The van der Waals surface area contributed by atoms with Crippen molar-refractivity contribution in [2.24, 2.45) is 0 Å². The van der Waals surface area contributed by atoms with Crippen LogP contribution >= 0.6 is 0 Å². The molecule has 18 heavy (non-hydrogen) atoms. The van der Waals surface area contributed by atoms with Crippen molar-refractivity contribution < 1.29 is 22.7 Å². The van der Waals surface area contributed by atoms with Gasteiger partial charge in [0.1, 0.15) is 0 Å². The van der Waals surface area contributed by atoms with Gasteiger partial charge < -0.3 is 0 Å². The molecule has 0 spiro atoms. The van der Waals surface area contributed by atoms with Crippen LogP contribution in [0.5, 0.6) is 0 Å². The van der Waals surface area contributed by atoms with Crippen LogP contribution in [0.2, 0.25) is 4.82 Å². The van der Waals surface area contributed by atoms with Gasteiger partial charge in [0.2, 0.25) is 0 Å². The Balaban J connectivity index is 2.52. The Morgan fingerprint density at radius 3 is 2.28 bits per heavy atom. The molecule has 0 saturated carbocycles. The Hall–Kier alpha value is -1.00. The Bertz CT molecular complexity index is 392. The number of carbonyl (C=O) groups excluding carboxylic acids is 1. The molecular weight excluding hydrogens is 312 g/mol. The fourth-order valence-corrected chi connectivity index (χ4v) is 3.22. The number of benzene rings is 1. The topological polar surface area (TPSA) is 26.3 Å². The molecule has 1 aromatic carbocycles. The van der Waals surface area contributed by atoms with Crippen LogP contribution < -0.4 is 4.46 Å². The molecule has 0 aliphatic rings. The van der Waals surface area contributed by atoms with E-state index in [4.69, 9.17) is 0 Å². The predicted molar refractivity (Wildman–Crippen MR) is 62.9 cm³/mol. The molecule has 0 amide bonds. The summed E-state index contributed by atoms with van der Waals surface area (Å²) in [5.41, 5.74) is 0. The third-order valence-corrected chi connectivity index (χ3v) is 4.98. The van der Waals surface area contributed by atoms with E-state index in [0.717, 1.165) is 4.46 Å². The molecule has 2 atom stereocenters. The van der Waals surface area contributed by atoms with E-state index in [0.29, 0.717) is 0 Å². The number of alkyl halides is 3. The first-order chi connectivity index (χ1) is 8.30. The maximum atomic E-state index is 12.0. The van der Waals surface area contributed by atoms with E-state index in [-0.39, 0.29) is 19.8 Å². The molecule has 1 aromatic rings. The summed E-state index contributed by atoms with van der Waals surface area (Å²) in [4.78, 5) is 10.6. The van der Waals surface area contributed by atoms with E-state index in [1.165, 1.54) is 6.92 Å². The van der Waals surface area contributed by atoms with Gasteiger partial charge >= 0.3 is 109 Å². The molecule has 0 fully saturated rings. The van der Waals surface area contributed by atoms with Crippen molar-refractivity contribution in [1.29, 1.82) is 0 Å². The van der Waals surface area contributed by atoms with Gasteiger partial charge in [-0.15, -0.1) is 0 Å². The molecule has 0 N–H and O–H groups in total. The summed E-state index contributed by atoms with van der Waals surface area (Å²) in [7, 11) is 0. The zero-order valence-corrected chi connectivity index (χ0v) is 11.6. The zero-order valence-electron chi connectivity index (χ0n) is 9.90. The van der Waals surface area contributed by atoms with Crippen molar-refractivity contribution >= 4 is 25.4 Å². The van der Waals surface area contributed by atoms with E-state index in [1.54, 1.807) is 6.92 Å². The normalized spacial score (nSPS) is 14.9. The third kappa shape index (κ3) is 4.70. The Labute approximate surface area is 110 Å². The number of hydrogen-bond acceptors (Lipinski definition) is 2. The average Bonchev–Trinajstić information content (AvgIpc) is 2.28. The number of halogens is 3. The molecule has 0 bridgehead atoms. The molecule has 0 saturated heterocycles. The van der Waals surface area contributed by atoms with Crippen LogP contribution in [0.4, 0.5) is 13.2 Å². The van der Waals surface area contributed by atoms with E-state index < -0.39 is 18.2 Å². The van der Waals surface area contributed by atoms with Crippen molar-refractivity contribution in [1.82, 2.24) is 0 Å². The van der Waals surface area contributed by atoms with Gasteiger partial charge in [0.15, 0.2) is 0 Å². The number of esters is 1. The standard InChI is InChI=1S/C12H13F3O2Se/c1-8(17-11(16)12(13,14)15)9(2)18-10-6-4-3-5-7-10/h3-9H,1-2H3. The van der Waals surface area contributed by atoms with Crippen LogP contribution in [-0.4, -0.2) is 33.2 Å². The van der Waals surface area contributed by atoms with Crippen LogP contribution in [0, 0.1) is 0 Å². The monoisotopic (exact) mass is 326 g/mol. The first-order valence-electron chi connectivity index (χ1n) is 5.30. The van der Waals surface area contributed by atoms with Crippen LogP contribution in [0.1, 0.15) is 13.8 Å². The minimum atomic E-state index is -4.92. The van der Waals surface area contributed by atoms with Crippen LogP contribution in [-0.2, 0) is 9.53 Å². The molecule has 2 nitrogen and oxygen atoms in total. The van der Waals surface area contributed by atoms with E-state index >= 15 is 0 Å². The molecule has 100 valence electrons. The molecule has 2 unspecified atom stereocenters. The van der Waals surface area contributed by atoms with Crippen molar-refractivity contribution in [2.45, 2.75) is 30.9 Å². The molecule has 0 aliphatic heterocycles. The van der Waals surface area contributed by atoms with Gasteiger partial charge in [-0.05, 0) is 0 Å². The number of ether oxygens (including phenoxy) is 1. The Morgan fingerprint density at radius 1 is 1.22 bits per heavy atom. The summed E-state index contributed by atoms with van der Waals surface area (Å²) in [6, 6.07) is 9.44. The molecule has 1 rings (SSSR count). The average molecular weight is 325 g/mol. The Kier molecular flexibility index (Phi) is 5.23. The fraction of sp³-hybridized carbons (Fsp3) is 0.417. The van der Waals surface area contributed by atoms with Gasteiger partial charge in [-0.25, -0.2) is 0 Å². The van der Waals surface area contributed by atoms with E-state index in [9.17, 15) is 18.0 Å². The van der Waals surface area contributed by atoms with E-state index in [1.807, 2.05) is 30.3 Å². The van der Waals surface area contributed by atoms with Crippen LogP contribution in [0.3, 0.4) is 0 Å². The Morgan fingerprint density at radius 2 is 1.78 bits per heavy atom. The van der Waals surface area contributed by atoms with Gasteiger partial charge in [0, 0.05) is 0 Å². The number of carbonyl (C=O) groups is 1. The van der Waals surface area contributed by atoms with E-state index in [2.05, 4.69) is 4.74 Å². The summed E-state index contributed by atoms with van der Waals surface area (Å²) in [5.74, 6) is -2.12. The van der Waals surface area contributed by atoms with Gasteiger partial charge in [-0.3, -0.25) is 0 Å². The van der Waals surface area contributed by atoms with Crippen molar-refractivity contribution in [3.05, 3.63) is 30.3 Å². The molecule has 6 heteroatoms. The molecule has 0 radical (unpaired) electrons.